The summed E-state index contributed by atoms with van der Waals surface area (Å²) in [6.07, 6.45) is 4.00. The summed E-state index contributed by atoms with van der Waals surface area (Å²) in [6, 6.07) is 0. The minimum absolute atomic E-state index is 0.302. The quantitative estimate of drug-likeness (QED) is 0.649. The van der Waals surface area contributed by atoms with Gasteiger partial charge >= 0.3 is 0 Å². The van der Waals surface area contributed by atoms with Gasteiger partial charge in [0.1, 0.15) is 12.3 Å². The molecule has 1 aromatic rings. The van der Waals surface area contributed by atoms with Crippen LogP contribution in [0, 0.1) is 0 Å². The molecule has 0 atom stereocenters. The van der Waals surface area contributed by atoms with E-state index in [2.05, 4.69) is 20.7 Å². The Morgan fingerprint density at radius 2 is 2.25 bits per heavy atom. The normalized spacial score (nSPS) is 19.3. The maximum absolute atomic E-state index is 5.55. The minimum Gasteiger partial charge on any atom is -0.472 e. The van der Waals surface area contributed by atoms with Gasteiger partial charge in [0.15, 0.2) is 0 Å². The van der Waals surface area contributed by atoms with Crippen LogP contribution >= 0.6 is 0 Å². The molecule has 5 heteroatoms. The monoisotopic (exact) mass is 168 g/mol. The highest BCUT2D eigenvalue weighted by atomic mass is 16.5. The molecule has 2 rings (SSSR count). The summed E-state index contributed by atoms with van der Waals surface area (Å²) in [6.45, 7) is 2.06. The summed E-state index contributed by atoms with van der Waals surface area (Å²) in [7, 11) is 0. The first kappa shape index (κ1) is 7.54. The second kappa shape index (κ2) is 3.53. The van der Waals surface area contributed by atoms with Gasteiger partial charge in [-0.2, -0.15) is 10.3 Å². The Bertz CT molecular complexity index is 217. The second-order valence-electron chi connectivity index (χ2n) is 2.88. The molecule has 1 aromatic heterocycles. The summed E-state index contributed by atoms with van der Waals surface area (Å²) in [4.78, 5) is 0. The highest BCUT2D eigenvalue weighted by Crippen LogP contribution is 2.11. The van der Waals surface area contributed by atoms with Gasteiger partial charge in [-0.15, -0.1) is 5.10 Å². The van der Waals surface area contributed by atoms with E-state index in [-0.39, 0.29) is 0 Å². The van der Waals surface area contributed by atoms with Crippen LogP contribution in [0.15, 0.2) is 6.20 Å². The Morgan fingerprint density at radius 3 is 2.92 bits per heavy atom. The van der Waals surface area contributed by atoms with E-state index in [1.807, 2.05) is 0 Å². The van der Waals surface area contributed by atoms with Crippen LogP contribution in [0.5, 0.6) is 5.88 Å². The lowest BCUT2D eigenvalue weighted by Crippen LogP contribution is -2.34. The Morgan fingerprint density at radius 1 is 1.42 bits per heavy atom. The maximum Gasteiger partial charge on any atom is 0.253 e. The lowest BCUT2D eigenvalue weighted by atomic mass is 10.1. The van der Waals surface area contributed by atoms with Crippen molar-refractivity contribution in [1.29, 1.82) is 0 Å². The van der Waals surface area contributed by atoms with Crippen LogP contribution in [0.1, 0.15) is 12.8 Å². The first-order chi connectivity index (χ1) is 5.95. The molecule has 0 bridgehead atoms. The molecule has 0 radical (unpaired) electrons. The molecule has 66 valence electrons. The van der Waals surface area contributed by atoms with Crippen molar-refractivity contribution in [3.63, 3.8) is 0 Å². The summed E-state index contributed by atoms with van der Waals surface area (Å²) < 4.78 is 5.55. The van der Waals surface area contributed by atoms with Crippen LogP contribution in [0.2, 0.25) is 0 Å². The zero-order chi connectivity index (χ0) is 8.23. The number of hydrogen-bond donors (Lipinski definition) is 2. The van der Waals surface area contributed by atoms with Gasteiger partial charge in [-0.05, 0) is 25.9 Å². The molecular formula is C7H12N4O. The lowest BCUT2D eigenvalue weighted by Gasteiger charge is -2.22. The number of nitrogens with zero attached hydrogens (tertiary/aromatic N) is 2. The van der Waals surface area contributed by atoms with Crippen molar-refractivity contribution >= 4 is 0 Å². The summed E-state index contributed by atoms with van der Waals surface area (Å²) in [5.74, 6) is 0.599. The zero-order valence-electron chi connectivity index (χ0n) is 6.79. The molecule has 0 amide bonds. The number of aromatic nitrogens is 3. The summed E-state index contributed by atoms with van der Waals surface area (Å²) >= 11 is 0. The number of piperidine rings is 1. The van der Waals surface area contributed by atoms with E-state index in [1.54, 1.807) is 6.20 Å². The van der Waals surface area contributed by atoms with Crippen molar-refractivity contribution in [2.45, 2.75) is 18.9 Å². The van der Waals surface area contributed by atoms with Crippen molar-refractivity contribution < 1.29 is 4.74 Å². The molecule has 0 saturated carbocycles. The summed E-state index contributed by atoms with van der Waals surface area (Å²) in [5, 5.41) is 13.3. The van der Waals surface area contributed by atoms with Gasteiger partial charge in [-0.3, -0.25) is 0 Å². The number of hydrogen-bond acceptors (Lipinski definition) is 4. The number of aromatic amines is 1. The Kier molecular flexibility index (Phi) is 2.22. The third-order valence-electron chi connectivity index (χ3n) is 1.97. The molecule has 5 nitrogen and oxygen atoms in total. The van der Waals surface area contributed by atoms with E-state index in [0.29, 0.717) is 12.0 Å². The molecule has 2 N–H and O–H groups in total. The fraction of sp³-hybridized carbons (Fsp3) is 0.714. The highest BCUT2D eigenvalue weighted by Gasteiger charge is 2.14. The van der Waals surface area contributed by atoms with Crippen LogP contribution in [-0.4, -0.2) is 34.6 Å². The molecule has 1 aliphatic heterocycles. The topological polar surface area (TPSA) is 62.8 Å². The molecule has 1 saturated heterocycles. The standard InChI is InChI=1S/C7H12N4O/c1-3-8-4-2-6(1)12-7-5-9-11-10-7/h5-6,8H,1-4H2,(H,9,10,11). The van der Waals surface area contributed by atoms with Crippen molar-refractivity contribution in [3.05, 3.63) is 6.20 Å². The molecule has 12 heavy (non-hydrogen) atoms. The predicted octanol–water partition coefficient (Wildman–Crippen LogP) is -0.0645. The van der Waals surface area contributed by atoms with Gasteiger partial charge in [0.05, 0.1) is 0 Å². The molecule has 1 aliphatic rings. The molecule has 0 unspecified atom stereocenters. The van der Waals surface area contributed by atoms with Gasteiger partial charge in [0.2, 0.25) is 0 Å². The third kappa shape index (κ3) is 1.73. The van der Waals surface area contributed by atoms with Crippen LogP contribution in [0.25, 0.3) is 0 Å². The smallest absolute Gasteiger partial charge is 0.253 e. The molecule has 0 aromatic carbocycles. The first-order valence-electron chi connectivity index (χ1n) is 4.18. The number of nitrogens with one attached hydrogen (secondary N) is 2. The van der Waals surface area contributed by atoms with Crippen molar-refractivity contribution in [2.75, 3.05) is 13.1 Å². The fourth-order valence-electron chi connectivity index (χ4n) is 1.33. The van der Waals surface area contributed by atoms with Crippen molar-refractivity contribution in [3.8, 4) is 5.88 Å². The zero-order valence-corrected chi connectivity index (χ0v) is 6.79. The number of rotatable bonds is 2. The third-order valence-corrected chi connectivity index (χ3v) is 1.97. The Hall–Kier alpha value is -1.10. The van der Waals surface area contributed by atoms with E-state index < -0.39 is 0 Å². The molecule has 0 aliphatic carbocycles. The average molecular weight is 168 g/mol. The van der Waals surface area contributed by atoms with Gasteiger partial charge < -0.3 is 10.1 Å². The minimum atomic E-state index is 0.302. The van der Waals surface area contributed by atoms with Gasteiger partial charge in [-0.25, -0.2) is 0 Å². The van der Waals surface area contributed by atoms with E-state index in [9.17, 15) is 0 Å². The van der Waals surface area contributed by atoms with Crippen molar-refractivity contribution in [2.24, 2.45) is 0 Å². The SMILES string of the molecule is c1n[nH]nc1OC1CCNCC1. The van der Waals surface area contributed by atoms with E-state index in [4.69, 9.17) is 4.74 Å². The molecule has 0 spiro atoms. The fourth-order valence-corrected chi connectivity index (χ4v) is 1.33. The van der Waals surface area contributed by atoms with E-state index >= 15 is 0 Å². The van der Waals surface area contributed by atoms with Crippen LogP contribution in [0.4, 0.5) is 0 Å². The van der Waals surface area contributed by atoms with E-state index in [0.717, 1.165) is 25.9 Å². The van der Waals surface area contributed by atoms with Gasteiger partial charge in [0.25, 0.3) is 5.88 Å². The van der Waals surface area contributed by atoms with Gasteiger partial charge in [-0.1, -0.05) is 0 Å². The lowest BCUT2D eigenvalue weighted by molar-refractivity contribution is 0.156. The first-order valence-corrected chi connectivity index (χ1v) is 4.18. The Labute approximate surface area is 70.5 Å². The summed E-state index contributed by atoms with van der Waals surface area (Å²) in [5.41, 5.74) is 0. The maximum atomic E-state index is 5.55. The number of ether oxygens (including phenoxy) is 1. The molecule has 2 heterocycles. The molecule has 1 fully saturated rings. The van der Waals surface area contributed by atoms with Crippen LogP contribution in [0.3, 0.4) is 0 Å². The van der Waals surface area contributed by atoms with Crippen molar-refractivity contribution in [1.82, 2.24) is 20.7 Å². The van der Waals surface area contributed by atoms with Crippen LogP contribution in [-0.2, 0) is 0 Å². The largest absolute Gasteiger partial charge is 0.472 e. The molecular weight excluding hydrogens is 156 g/mol. The van der Waals surface area contributed by atoms with E-state index in [1.165, 1.54) is 0 Å². The average Bonchev–Trinajstić information content (AvgIpc) is 2.59. The second-order valence-corrected chi connectivity index (χ2v) is 2.88. The number of H-pyrrole nitrogens is 1. The van der Waals surface area contributed by atoms with Gasteiger partial charge in [0, 0.05) is 0 Å². The van der Waals surface area contributed by atoms with Crippen LogP contribution < -0.4 is 10.1 Å². The predicted molar refractivity (Wildman–Crippen MR) is 42.9 cm³/mol. The highest BCUT2D eigenvalue weighted by molar-refractivity contribution is 4.98. The Balaban J connectivity index is 1.86.